The smallest absolute Gasteiger partial charge is 0.326 e. The summed E-state index contributed by atoms with van der Waals surface area (Å²) in [4.78, 5) is 36.6. The highest BCUT2D eigenvalue weighted by molar-refractivity contribution is 6.25. The Morgan fingerprint density at radius 1 is 1.40 bits per heavy atom. The van der Waals surface area contributed by atoms with Crippen molar-refractivity contribution >= 4 is 23.9 Å². The number of carboxylic acids is 1. The molecule has 0 aromatic carbocycles. The van der Waals surface area contributed by atoms with Crippen LogP contribution in [0.3, 0.4) is 0 Å². The minimum absolute atomic E-state index is 0.0968. The molecule has 1 amide bonds. The molecule has 0 heterocycles. The van der Waals surface area contributed by atoms with Gasteiger partial charge in [0.1, 0.15) is 12.1 Å². The fourth-order valence-electron chi connectivity index (χ4n) is 1.61. The van der Waals surface area contributed by atoms with E-state index in [1.54, 1.807) is 13.8 Å². The molecule has 8 nitrogen and oxygen atoms in total. The lowest BCUT2D eigenvalue weighted by Gasteiger charge is -2.21. The lowest BCUT2D eigenvalue weighted by atomic mass is 10.0. The second-order valence-electron chi connectivity index (χ2n) is 4.55. The molecule has 0 aliphatic heterocycles. The summed E-state index contributed by atoms with van der Waals surface area (Å²) in [7, 11) is 1.36. The van der Waals surface area contributed by atoms with E-state index in [0.29, 0.717) is 6.21 Å². The van der Waals surface area contributed by atoms with Crippen LogP contribution in [0.25, 0.3) is 5.53 Å². The summed E-state index contributed by atoms with van der Waals surface area (Å²) in [5, 5.41) is 11.3. The molecule has 0 saturated carbocycles. The van der Waals surface area contributed by atoms with Gasteiger partial charge in [-0.25, -0.2) is 4.79 Å². The lowest BCUT2D eigenvalue weighted by Crippen LogP contribution is -2.47. The van der Waals surface area contributed by atoms with Crippen molar-refractivity contribution in [2.45, 2.75) is 38.8 Å². The SMILES string of the molecule is COC(C(=O)NC(CCC(=O)C=[N+]=[N-])C(=O)O)C(C)C. The largest absolute Gasteiger partial charge is 0.480 e. The molecule has 0 rings (SSSR count). The van der Waals surface area contributed by atoms with Crippen molar-refractivity contribution in [3.8, 4) is 0 Å². The van der Waals surface area contributed by atoms with Crippen LogP contribution < -0.4 is 5.32 Å². The highest BCUT2D eigenvalue weighted by atomic mass is 16.5. The summed E-state index contributed by atoms with van der Waals surface area (Å²) in [6.07, 6.45) is -0.319. The Bertz CT molecular complexity index is 415. The van der Waals surface area contributed by atoms with Gasteiger partial charge in [0.15, 0.2) is 0 Å². The number of ketones is 1. The molecule has 0 spiro atoms. The van der Waals surface area contributed by atoms with E-state index in [1.165, 1.54) is 7.11 Å². The molecule has 112 valence electrons. The topological polar surface area (TPSA) is 129 Å². The third-order valence-corrected chi connectivity index (χ3v) is 2.61. The quantitative estimate of drug-likeness (QED) is 0.346. The van der Waals surface area contributed by atoms with Crippen LogP contribution in [0, 0.1) is 5.92 Å². The molecule has 0 aromatic rings. The van der Waals surface area contributed by atoms with E-state index >= 15 is 0 Å². The van der Waals surface area contributed by atoms with Crippen molar-refractivity contribution in [1.29, 1.82) is 0 Å². The molecule has 0 saturated heterocycles. The zero-order chi connectivity index (χ0) is 15.7. The fourth-order valence-corrected chi connectivity index (χ4v) is 1.61. The Kier molecular flexibility index (Phi) is 8.03. The first-order valence-electron chi connectivity index (χ1n) is 6.09. The number of hydrogen-bond donors (Lipinski definition) is 2. The highest BCUT2D eigenvalue weighted by Crippen LogP contribution is 2.07. The Balaban J connectivity index is 4.62. The maximum absolute atomic E-state index is 11.9. The van der Waals surface area contributed by atoms with Gasteiger partial charge in [-0.05, 0) is 12.3 Å². The van der Waals surface area contributed by atoms with E-state index in [9.17, 15) is 14.4 Å². The zero-order valence-corrected chi connectivity index (χ0v) is 11.7. The van der Waals surface area contributed by atoms with Crippen LogP contribution >= 0.6 is 0 Å². The van der Waals surface area contributed by atoms with Gasteiger partial charge in [0, 0.05) is 13.5 Å². The van der Waals surface area contributed by atoms with Crippen LogP contribution in [0.5, 0.6) is 0 Å². The van der Waals surface area contributed by atoms with Crippen molar-refractivity contribution < 1.29 is 29.0 Å². The maximum Gasteiger partial charge on any atom is 0.326 e. The number of amides is 1. The molecule has 2 unspecified atom stereocenters. The van der Waals surface area contributed by atoms with Gasteiger partial charge in [-0.3, -0.25) is 9.59 Å². The number of hydrogen-bond acceptors (Lipinski definition) is 4. The number of aliphatic carboxylic acids is 1. The van der Waals surface area contributed by atoms with Crippen LogP contribution in [-0.2, 0) is 19.1 Å². The molecule has 20 heavy (non-hydrogen) atoms. The summed E-state index contributed by atoms with van der Waals surface area (Å²) in [5.41, 5.74) is 8.17. The molecule has 0 aliphatic carbocycles. The van der Waals surface area contributed by atoms with Gasteiger partial charge in [-0.2, -0.15) is 4.79 Å². The molecular weight excluding hydrogens is 266 g/mol. The van der Waals surface area contributed by atoms with Crippen LogP contribution in [0.4, 0.5) is 0 Å². The second-order valence-corrected chi connectivity index (χ2v) is 4.55. The van der Waals surface area contributed by atoms with Crippen LogP contribution in [0.1, 0.15) is 26.7 Å². The van der Waals surface area contributed by atoms with Gasteiger partial charge in [-0.1, -0.05) is 13.8 Å². The van der Waals surface area contributed by atoms with Gasteiger partial charge in [-0.15, -0.1) is 0 Å². The number of nitrogens with one attached hydrogen (secondary N) is 1. The number of methoxy groups -OCH3 is 1. The summed E-state index contributed by atoms with van der Waals surface area (Å²) < 4.78 is 4.99. The molecule has 0 radical (unpaired) electrons. The normalized spacial score (nSPS) is 13.2. The number of ether oxygens (including phenoxy) is 1. The summed E-state index contributed by atoms with van der Waals surface area (Å²) >= 11 is 0. The summed E-state index contributed by atoms with van der Waals surface area (Å²) in [5.74, 6) is -2.43. The predicted octanol–water partition coefficient (Wildman–Crippen LogP) is -0.123. The van der Waals surface area contributed by atoms with E-state index in [0.717, 1.165) is 0 Å². The Morgan fingerprint density at radius 3 is 2.40 bits per heavy atom. The van der Waals surface area contributed by atoms with Gasteiger partial charge in [0.05, 0.1) is 0 Å². The van der Waals surface area contributed by atoms with Crippen molar-refractivity contribution in [3.63, 3.8) is 0 Å². The first-order chi connectivity index (χ1) is 9.33. The van der Waals surface area contributed by atoms with E-state index in [-0.39, 0.29) is 18.8 Å². The van der Waals surface area contributed by atoms with E-state index in [2.05, 4.69) is 10.1 Å². The predicted molar refractivity (Wildman–Crippen MR) is 69.1 cm³/mol. The standard InChI is InChI=1S/C12H19N3O5/c1-7(2)10(20-3)11(17)15-9(12(18)19)5-4-8(16)6-14-13/h6-7,9-10H,4-5H2,1-3H3,(H,15,17)(H,18,19). The van der Waals surface area contributed by atoms with Crippen molar-refractivity contribution in [2.24, 2.45) is 5.92 Å². The second kappa shape index (κ2) is 8.95. The first kappa shape index (κ1) is 17.9. The monoisotopic (exact) mass is 285 g/mol. The van der Waals surface area contributed by atoms with Crippen LogP contribution in [0.15, 0.2) is 0 Å². The van der Waals surface area contributed by atoms with E-state index in [4.69, 9.17) is 15.4 Å². The van der Waals surface area contributed by atoms with Crippen molar-refractivity contribution in [1.82, 2.24) is 5.32 Å². The molecule has 2 N–H and O–H groups in total. The number of nitrogens with zero attached hydrogens (tertiary/aromatic N) is 2. The number of carbonyl (C=O) groups excluding carboxylic acids is 2. The molecule has 0 aromatic heterocycles. The Labute approximate surface area is 116 Å². The van der Waals surface area contributed by atoms with E-state index < -0.39 is 29.8 Å². The number of carbonyl (C=O) groups is 3. The summed E-state index contributed by atoms with van der Waals surface area (Å²) in [6, 6.07) is -1.20. The first-order valence-corrected chi connectivity index (χ1v) is 6.09. The highest BCUT2D eigenvalue weighted by Gasteiger charge is 2.27. The molecule has 2 atom stereocenters. The minimum Gasteiger partial charge on any atom is -0.480 e. The van der Waals surface area contributed by atoms with Gasteiger partial charge in [0.25, 0.3) is 0 Å². The molecule has 0 bridgehead atoms. The van der Waals surface area contributed by atoms with Crippen molar-refractivity contribution in [3.05, 3.63) is 5.53 Å². The summed E-state index contributed by atoms with van der Waals surface area (Å²) in [6.45, 7) is 3.54. The third kappa shape index (κ3) is 6.21. The van der Waals surface area contributed by atoms with Gasteiger partial charge >= 0.3 is 12.2 Å². The molecular formula is C12H19N3O5. The number of Topliss-reactive ketones (excluding diaryl/α,β-unsaturated/α-hetero) is 1. The molecule has 8 heteroatoms. The fraction of sp³-hybridized carbons (Fsp3) is 0.667. The average Bonchev–Trinajstić information content (AvgIpc) is 2.34. The van der Waals surface area contributed by atoms with Crippen LogP contribution in [0.2, 0.25) is 0 Å². The maximum atomic E-state index is 11.9. The number of carboxylic acid groups (broad SMARTS) is 1. The zero-order valence-electron chi connectivity index (χ0n) is 11.7. The van der Waals surface area contributed by atoms with Crippen molar-refractivity contribution in [2.75, 3.05) is 7.11 Å². The molecule has 0 aliphatic rings. The Morgan fingerprint density at radius 2 is 2.00 bits per heavy atom. The average molecular weight is 285 g/mol. The van der Waals surface area contributed by atoms with Gasteiger partial charge < -0.3 is 20.7 Å². The van der Waals surface area contributed by atoms with E-state index in [1.807, 2.05) is 0 Å². The Hall–Kier alpha value is -2.05. The lowest BCUT2D eigenvalue weighted by molar-refractivity contribution is -0.145. The van der Waals surface area contributed by atoms with Crippen LogP contribution in [-0.4, -0.2) is 53.0 Å². The molecule has 0 fully saturated rings. The third-order valence-electron chi connectivity index (χ3n) is 2.61. The van der Waals surface area contributed by atoms with Gasteiger partial charge in [0.2, 0.25) is 11.7 Å². The number of rotatable bonds is 9. The minimum atomic E-state index is -1.24.